The number of rotatable bonds is 9. The van der Waals surface area contributed by atoms with Crippen LogP contribution in [0.5, 0.6) is 0 Å². The molecule has 0 radical (unpaired) electrons. The number of nitrogens with zero attached hydrogens (tertiary/aromatic N) is 1. The van der Waals surface area contributed by atoms with Crippen LogP contribution in [0.15, 0.2) is 30.3 Å². The summed E-state index contributed by atoms with van der Waals surface area (Å²) < 4.78 is 0. The number of nitrogens with one attached hydrogen (secondary N) is 1. The van der Waals surface area contributed by atoms with Crippen molar-refractivity contribution in [3.05, 3.63) is 35.9 Å². The van der Waals surface area contributed by atoms with Crippen LogP contribution in [0.2, 0.25) is 0 Å². The molecule has 0 aliphatic heterocycles. The third kappa shape index (κ3) is 6.98. The molecule has 0 heterocycles. The van der Waals surface area contributed by atoms with Crippen LogP contribution in [0.3, 0.4) is 0 Å². The van der Waals surface area contributed by atoms with Crippen LogP contribution in [-0.4, -0.2) is 37.0 Å². The van der Waals surface area contributed by atoms with Crippen molar-refractivity contribution in [2.75, 3.05) is 20.1 Å². The molecule has 1 atom stereocenters. The number of amides is 1. The number of carbonyl (C=O) groups is 1. The van der Waals surface area contributed by atoms with Gasteiger partial charge in [-0.1, -0.05) is 44.2 Å². The van der Waals surface area contributed by atoms with E-state index in [0.29, 0.717) is 13.1 Å². The zero-order valence-electron chi connectivity index (χ0n) is 15.2. The van der Waals surface area contributed by atoms with E-state index in [1.807, 2.05) is 32.0 Å². The standard InChI is InChI=1S/C18H31N3O.2ClH/c1-5-18(6-2,14-19)17(22)20-12-15(3)21(4)13-16-10-8-7-9-11-16;;/h7-11,15H,5-6,12-14,19H2,1-4H3,(H,20,22);2*1H. The van der Waals surface area contributed by atoms with Crippen molar-refractivity contribution in [3.8, 4) is 0 Å². The van der Waals surface area contributed by atoms with E-state index >= 15 is 0 Å². The second kappa shape index (κ2) is 12.5. The highest BCUT2D eigenvalue weighted by molar-refractivity contribution is 5.85. The van der Waals surface area contributed by atoms with Gasteiger partial charge in [-0.15, -0.1) is 24.8 Å². The van der Waals surface area contributed by atoms with E-state index in [4.69, 9.17) is 5.73 Å². The van der Waals surface area contributed by atoms with Crippen LogP contribution in [0.1, 0.15) is 39.2 Å². The van der Waals surface area contributed by atoms with Crippen molar-refractivity contribution in [2.24, 2.45) is 11.1 Å². The van der Waals surface area contributed by atoms with Gasteiger partial charge in [-0.05, 0) is 32.4 Å². The topological polar surface area (TPSA) is 58.4 Å². The van der Waals surface area contributed by atoms with Crippen LogP contribution < -0.4 is 11.1 Å². The summed E-state index contributed by atoms with van der Waals surface area (Å²) in [6.45, 7) is 8.11. The molecule has 1 unspecified atom stereocenters. The largest absolute Gasteiger partial charge is 0.354 e. The molecule has 0 fully saturated rings. The Bertz CT molecular complexity index is 445. The van der Waals surface area contributed by atoms with E-state index < -0.39 is 5.41 Å². The Morgan fingerprint density at radius 3 is 2.21 bits per heavy atom. The zero-order valence-corrected chi connectivity index (χ0v) is 16.9. The number of halogens is 2. The van der Waals surface area contributed by atoms with Gasteiger partial charge in [0.2, 0.25) is 5.91 Å². The quantitative estimate of drug-likeness (QED) is 0.694. The number of hydrogen-bond acceptors (Lipinski definition) is 3. The second-order valence-corrected chi connectivity index (χ2v) is 6.15. The van der Waals surface area contributed by atoms with E-state index in [1.165, 1.54) is 5.56 Å². The highest BCUT2D eigenvalue weighted by Crippen LogP contribution is 2.24. The summed E-state index contributed by atoms with van der Waals surface area (Å²) >= 11 is 0. The van der Waals surface area contributed by atoms with Gasteiger partial charge in [0.15, 0.2) is 0 Å². The normalized spacial score (nSPS) is 12.1. The fourth-order valence-corrected chi connectivity index (χ4v) is 2.56. The van der Waals surface area contributed by atoms with Gasteiger partial charge in [0.05, 0.1) is 5.41 Å². The average Bonchev–Trinajstić information content (AvgIpc) is 2.55. The van der Waals surface area contributed by atoms with Crippen LogP contribution in [0.25, 0.3) is 0 Å². The first-order valence-electron chi connectivity index (χ1n) is 8.21. The number of benzene rings is 1. The van der Waals surface area contributed by atoms with Crippen LogP contribution in [0, 0.1) is 5.41 Å². The number of hydrogen-bond donors (Lipinski definition) is 2. The van der Waals surface area contributed by atoms with Crippen LogP contribution in [0.4, 0.5) is 0 Å². The SMILES string of the molecule is CCC(CC)(CN)C(=O)NCC(C)N(C)Cc1ccccc1.Cl.Cl. The van der Waals surface area contributed by atoms with E-state index in [9.17, 15) is 4.79 Å². The Hall–Kier alpha value is -0.810. The molecule has 0 bridgehead atoms. The minimum absolute atomic E-state index is 0. The van der Waals surface area contributed by atoms with Gasteiger partial charge in [0.25, 0.3) is 0 Å². The summed E-state index contributed by atoms with van der Waals surface area (Å²) in [4.78, 5) is 14.7. The maximum Gasteiger partial charge on any atom is 0.227 e. The Morgan fingerprint density at radius 2 is 1.75 bits per heavy atom. The van der Waals surface area contributed by atoms with Gasteiger partial charge in [-0.25, -0.2) is 0 Å². The molecular weight excluding hydrogens is 345 g/mol. The molecule has 24 heavy (non-hydrogen) atoms. The smallest absolute Gasteiger partial charge is 0.227 e. The molecule has 1 aromatic carbocycles. The van der Waals surface area contributed by atoms with Gasteiger partial charge < -0.3 is 11.1 Å². The molecule has 0 saturated heterocycles. The molecule has 0 aromatic heterocycles. The van der Waals surface area contributed by atoms with E-state index in [0.717, 1.165) is 19.4 Å². The Labute approximate surface area is 159 Å². The first-order chi connectivity index (χ1) is 10.5. The van der Waals surface area contributed by atoms with E-state index in [-0.39, 0.29) is 36.8 Å². The number of carbonyl (C=O) groups excluding carboxylic acids is 1. The van der Waals surface area contributed by atoms with Crippen molar-refractivity contribution in [1.82, 2.24) is 10.2 Å². The summed E-state index contributed by atoms with van der Waals surface area (Å²) in [5.41, 5.74) is 6.69. The van der Waals surface area contributed by atoms with E-state index in [2.05, 4.69) is 36.3 Å². The van der Waals surface area contributed by atoms with Gasteiger partial charge in [0, 0.05) is 25.7 Å². The van der Waals surface area contributed by atoms with Crippen LogP contribution in [-0.2, 0) is 11.3 Å². The fraction of sp³-hybridized carbons (Fsp3) is 0.611. The summed E-state index contributed by atoms with van der Waals surface area (Å²) in [6.07, 6.45) is 1.56. The molecule has 1 rings (SSSR count). The van der Waals surface area contributed by atoms with Crippen molar-refractivity contribution >= 4 is 30.7 Å². The molecule has 0 spiro atoms. The van der Waals surface area contributed by atoms with Crippen molar-refractivity contribution in [2.45, 2.75) is 46.2 Å². The van der Waals surface area contributed by atoms with Crippen molar-refractivity contribution < 1.29 is 4.79 Å². The Kier molecular flexibility index (Phi) is 13.3. The lowest BCUT2D eigenvalue weighted by Crippen LogP contribution is -2.48. The molecule has 4 nitrogen and oxygen atoms in total. The number of likely N-dealkylation sites (N-methyl/N-ethyl adjacent to an activating group) is 1. The third-order valence-electron chi connectivity index (χ3n) is 4.81. The molecule has 0 saturated carbocycles. The third-order valence-corrected chi connectivity index (χ3v) is 4.81. The lowest BCUT2D eigenvalue weighted by Gasteiger charge is -2.31. The first kappa shape index (κ1) is 25.4. The molecule has 140 valence electrons. The maximum absolute atomic E-state index is 12.4. The predicted octanol–water partition coefficient (Wildman–Crippen LogP) is 3.23. The molecule has 0 aliphatic rings. The molecular formula is C18H33Cl2N3O. The lowest BCUT2D eigenvalue weighted by molar-refractivity contribution is -0.131. The molecule has 0 aliphatic carbocycles. The predicted molar refractivity (Wildman–Crippen MR) is 107 cm³/mol. The molecule has 3 N–H and O–H groups in total. The Morgan fingerprint density at radius 1 is 1.21 bits per heavy atom. The number of nitrogens with two attached hydrogens (primary N) is 1. The zero-order chi connectivity index (χ0) is 16.6. The molecule has 1 amide bonds. The minimum atomic E-state index is -0.419. The van der Waals surface area contributed by atoms with Gasteiger partial charge in [-0.2, -0.15) is 0 Å². The first-order valence-corrected chi connectivity index (χ1v) is 8.21. The summed E-state index contributed by atoms with van der Waals surface area (Å²) in [5.74, 6) is 0.0833. The lowest BCUT2D eigenvalue weighted by atomic mass is 9.81. The fourth-order valence-electron chi connectivity index (χ4n) is 2.56. The monoisotopic (exact) mass is 377 g/mol. The van der Waals surface area contributed by atoms with Gasteiger partial charge >= 0.3 is 0 Å². The summed E-state index contributed by atoms with van der Waals surface area (Å²) in [5, 5.41) is 3.08. The van der Waals surface area contributed by atoms with E-state index in [1.54, 1.807) is 0 Å². The van der Waals surface area contributed by atoms with Crippen LogP contribution >= 0.6 is 24.8 Å². The highest BCUT2D eigenvalue weighted by Gasteiger charge is 2.33. The molecule has 6 heteroatoms. The molecule has 1 aromatic rings. The highest BCUT2D eigenvalue weighted by atomic mass is 35.5. The summed E-state index contributed by atoms with van der Waals surface area (Å²) in [7, 11) is 2.08. The van der Waals surface area contributed by atoms with Crippen molar-refractivity contribution in [1.29, 1.82) is 0 Å². The second-order valence-electron chi connectivity index (χ2n) is 6.15. The van der Waals surface area contributed by atoms with Crippen molar-refractivity contribution in [3.63, 3.8) is 0 Å². The maximum atomic E-state index is 12.4. The Balaban J connectivity index is 0. The minimum Gasteiger partial charge on any atom is -0.354 e. The van der Waals surface area contributed by atoms with Gasteiger partial charge in [-0.3, -0.25) is 9.69 Å². The average molecular weight is 378 g/mol. The van der Waals surface area contributed by atoms with Gasteiger partial charge in [0.1, 0.15) is 0 Å². The summed E-state index contributed by atoms with van der Waals surface area (Å²) in [6, 6.07) is 10.6.